The zero-order chi connectivity index (χ0) is 17.1. The second-order valence-electron chi connectivity index (χ2n) is 6.73. The summed E-state index contributed by atoms with van der Waals surface area (Å²) in [5.74, 6) is -1.59. The van der Waals surface area contributed by atoms with Crippen LogP contribution in [0.4, 0.5) is 10.3 Å². The third-order valence-electron chi connectivity index (χ3n) is 5.24. The number of hydrogen-bond acceptors (Lipinski definition) is 5. The van der Waals surface area contributed by atoms with E-state index in [2.05, 4.69) is 10.1 Å². The summed E-state index contributed by atoms with van der Waals surface area (Å²) in [4.78, 5) is 30.6. The third kappa shape index (κ3) is 2.13. The second-order valence-corrected chi connectivity index (χ2v) is 6.73. The molecule has 0 radical (unpaired) electrons. The molecule has 3 aliphatic heterocycles. The Morgan fingerprint density at radius 2 is 1.88 bits per heavy atom. The maximum absolute atomic E-state index is 13.3. The molecule has 4 atom stereocenters. The van der Waals surface area contributed by atoms with E-state index in [-0.39, 0.29) is 35.8 Å². The predicted octanol–water partition coefficient (Wildman–Crippen LogP) is 1.13. The highest BCUT2D eigenvalue weighted by Crippen LogP contribution is 2.48. The Kier molecular flexibility index (Phi) is 3.05. The zero-order valence-electron chi connectivity index (χ0n) is 13.2. The van der Waals surface area contributed by atoms with Gasteiger partial charge in [0.25, 0.3) is 5.95 Å². The van der Waals surface area contributed by atoms with Crippen molar-refractivity contribution >= 4 is 17.8 Å². The van der Waals surface area contributed by atoms with Crippen LogP contribution >= 0.6 is 0 Å². The summed E-state index contributed by atoms with van der Waals surface area (Å²) in [6, 6.07) is 6.17. The second kappa shape index (κ2) is 5.19. The molecule has 5 rings (SSSR count). The van der Waals surface area contributed by atoms with Crippen LogP contribution in [0.5, 0.6) is 0 Å². The zero-order valence-corrected chi connectivity index (χ0v) is 13.2. The third-order valence-corrected chi connectivity index (χ3v) is 5.24. The van der Waals surface area contributed by atoms with Crippen molar-refractivity contribution in [3.05, 3.63) is 42.0 Å². The van der Waals surface area contributed by atoms with Crippen molar-refractivity contribution in [2.24, 2.45) is 11.8 Å². The Morgan fingerprint density at radius 3 is 2.56 bits per heavy atom. The number of carbonyl (C=O) groups is 2. The first-order valence-corrected chi connectivity index (χ1v) is 8.29. The van der Waals surface area contributed by atoms with Crippen molar-refractivity contribution in [2.45, 2.75) is 31.6 Å². The van der Waals surface area contributed by atoms with Crippen molar-refractivity contribution in [3.63, 3.8) is 0 Å². The van der Waals surface area contributed by atoms with E-state index in [4.69, 9.17) is 4.74 Å². The van der Waals surface area contributed by atoms with Gasteiger partial charge in [0.05, 0.1) is 30.6 Å². The Hall–Kier alpha value is -2.61. The van der Waals surface area contributed by atoms with Crippen molar-refractivity contribution in [1.29, 1.82) is 0 Å². The summed E-state index contributed by atoms with van der Waals surface area (Å²) >= 11 is 0. The first-order chi connectivity index (χ1) is 12.1. The van der Waals surface area contributed by atoms with E-state index in [1.807, 2.05) is 0 Å². The summed E-state index contributed by atoms with van der Waals surface area (Å²) in [6.45, 7) is 0.308. The lowest BCUT2D eigenvalue weighted by Gasteiger charge is -2.14. The van der Waals surface area contributed by atoms with Crippen LogP contribution in [0.15, 0.2) is 30.6 Å². The molecule has 2 bridgehead atoms. The molecule has 3 aliphatic rings. The Balaban J connectivity index is 1.40. The number of nitrogens with zero attached hydrogens (tertiary/aromatic N) is 4. The van der Waals surface area contributed by atoms with Crippen LogP contribution < -0.4 is 4.90 Å². The molecular formula is C17H15FN4O3. The summed E-state index contributed by atoms with van der Waals surface area (Å²) in [6.07, 6.45) is 2.76. The van der Waals surface area contributed by atoms with Gasteiger partial charge in [-0.1, -0.05) is 12.1 Å². The molecule has 2 aromatic rings. The minimum Gasteiger partial charge on any atom is -0.373 e. The van der Waals surface area contributed by atoms with Gasteiger partial charge in [-0.2, -0.15) is 4.98 Å². The normalized spacial score (nSPS) is 30.4. The molecular weight excluding hydrogens is 327 g/mol. The fourth-order valence-electron chi connectivity index (χ4n) is 4.19. The average Bonchev–Trinajstić information content (AvgIpc) is 3.33. The number of hydrogen-bond donors (Lipinski definition) is 0. The van der Waals surface area contributed by atoms with E-state index in [1.165, 1.54) is 23.1 Å². The molecule has 1 aromatic heterocycles. The lowest BCUT2D eigenvalue weighted by atomic mass is 9.81. The standard InChI is InChI=1S/C17H15FN4O3/c18-10-3-1-2-9(6-10)7-21-8-19-17(20-21)22-15(23)13-11-4-5-12(25-11)14(13)16(22)24/h1-3,6,8,11-14H,4-5,7H2/t11-,12+,13-,14+. The molecule has 0 spiro atoms. The molecule has 0 N–H and O–H groups in total. The van der Waals surface area contributed by atoms with Gasteiger partial charge in [-0.15, -0.1) is 5.10 Å². The quantitative estimate of drug-likeness (QED) is 0.782. The highest BCUT2D eigenvalue weighted by Gasteiger charge is 2.63. The highest BCUT2D eigenvalue weighted by atomic mass is 19.1. The van der Waals surface area contributed by atoms with Crippen molar-refractivity contribution in [1.82, 2.24) is 14.8 Å². The fraction of sp³-hybridized carbons (Fsp3) is 0.412. The van der Waals surface area contributed by atoms with Crippen LogP contribution in [0.25, 0.3) is 0 Å². The predicted molar refractivity (Wildman–Crippen MR) is 82.9 cm³/mol. The van der Waals surface area contributed by atoms with Crippen LogP contribution in [0.3, 0.4) is 0 Å². The molecule has 1 aromatic carbocycles. The molecule has 8 heteroatoms. The van der Waals surface area contributed by atoms with Crippen LogP contribution in [0, 0.1) is 17.7 Å². The van der Waals surface area contributed by atoms with E-state index >= 15 is 0 Å². The molecule has 4 heterocycles. The van der Waals surface area contributed by atoms with Gasteiger partial charge in [0.15, 0.2) is 0 Å². The number of anilines is 1. The van der Waals surface area contributed by atoms with Gasteiger partial charge in [0.1, 0.15) is 12.1 Å². The van der Waals surface area contributed by atoms with Gasteiger partial charge in [-0.3, -0.25) is 9.59 Å². The Morgan fingerprint density at radius 1 is 1.16 bits per heavy atom. The number of amides is 2. The monoisotopic (exact) mass is 342 g/mol. The summed E-state index contributed by atoms with van der Waals surface area (Å²) < 4.78 is 20.5. The van der Waals surface area contributed by atoms with Crippen LogP contribution in [-0.4, -0.2) is 38.8 Å². The molecule has 25 heavy (non-hydrogen) atoms. The van der Waals surface area contributed by atoms with Gasteiger partial charge in [-0.25, -0.2) is 14.0 Å². The Bertz CT molecular complexity index is 854. The number of imide groups is 1. The van der Waals surface area contributed by atoms with E-state index in [0.29, 0.717) is 6.54 Å². The Labute approximate surface area is 142 Å². The van der Waals surface area contributed by atoms with Gasteiger partial charge in [0.2, 0.25) is 11.8 Å². The SMILES string of the molecule is O=C1[C@@H]2[C@H](C(=O)N1c1ncn(Cc3cccc(F)c3)n1)[C@H]1CC[C@@H]2O1. The van der Waals surface area contributed by atoms with Crippen molar-refractivity contribution in [2.75, 3.05) is 4.90 Å². The summed E-state index contributed by atoms with van der Waals surface area (Å²) in [5.41, 5.74) is 0.721. The summed E-state index contributed by atoms with van der Waals surface area (Å²) in [7, 11) is 0. The van der Waals surface area contributed by atoms with Crippen molar-refractivity contribution < 1.29 is 18.7 Å². The fourth-order valence-corrected chi connectivity index (χ4v) is 4.19. The minimum atomic E-state index is -0.401. The van der Waals surface area contributed by atoms with Gasteiger partial charge >= 0.3 is 0 Å². The molecule has 3 saturated heterocycles. The number of halogens is 1. The van der Waals surface area contributed by atoms with E-state index in [0.717, 1.165) is 23.3 Å². The first kappa shape index (κ1) is 14.7. The molecule has 128 valence electrons. The largest absolute Gasteiger partial charge is 0.373 e. The van der Waals surface area contributed by atoms with E-state index in [9.17, 15) is 14.0 Å². The number of fused-ring (bicyclic) bond motifs is 5. The molecule has 3 fully saturated rings. The van der Waals surface area contributed by atoms with E-state index in [1.54, 1.807) is 12.1 Å². The van der Waals surface area contributed by atoms with Crippen LogP contribution in [-0.2, 0) is 20.9 Å². The number of aromatic nitrogens is 3. The van der Waals surface area contributed by atoms with Crippen LogP contribution in [0.1, 0.15) is 18.4 Å². The lowest BCUT2D eigenvalue weighted by molar-refractivity contribution is -0.124. The lowest BCUT2D eigenvalue weighted by Crippen LogP contribution is -2.35. The average molecular weight is 342 g/mol. The molecule has 0 aliphatic carbocycles. The molecule has 2 amide bonds. The number of benzene rings is 1. The highest BCUT2D eigenvalue weighted by molar-refractivity contribution is 6.21. The first-order valence-electron chi connectivity index (χ1n) is 8.29. The maximum Gasteiger partial charge on any atom is 0.258 e. The maximum atomic E-state index is 13.3. The van der Waals surface area contributed by atoms with Gasteiger partial charge < -0.3 is 4.74 Å². The number of carbonyl (C=O) groups excluding carboxylic acids is 2. The van der Waals surface area contributed by atoms with Gasteiger partial charge in [0, 0.05) is 0 Å². The van der Waals surface area contributed by atoms with Gasteiger partial charge in [-0.05, 0) is 30.5 Å². The molecule has 0 saturated carbocycles. The van der Waals surface area contributed by atoms with Crippen LogP contribution in [0.2, 0.25) is 0 Å². The van der Waals surface area contributed by atoms with E-state index < -0.39 is 11.8 Å². The summed E-state index contributed by atoms with van der Waals surface area (Å²) in [5, 5.41) is 4.24. The topological polar surface area (TPSA) is 77.3 Å². The number of rotatable bonds is 3. The van der Waals surface area contributed by atoms with Crippen molar-refractivity contribution in [3.8, 4) is 0 Å². The molecule has 0 unspecified atom stereocenters. The minimum absolute atomic E-state index is 0.0835. The number of ether oxygens (including phenoxy) is 1. The smallest absolute Gasteiger partial charge is 0.258 e. The molecule has 7 nitrogen and oxygen atoms in total.